The van der Waals surface area contributed by atoms with Gasteiger partial charge in [0.1, 0.15) is 4.99 Å². The van der Waals surface area contributed by atoms with E-state index < -0.39 is 0 Å². The SMILES string of the molecule is Cc1nn(C)cc1CNc1nnccc1C(N)=S. The van der Waals surface area contributed by atoms with E-state index >= 15 is 0 Å². The predicted octanol–water partition coefficient (Wildman–Crippen LogP) is 0.765. The van der Waals surface area contributed by atoms with E-state index in [4.69, 9.17) is 18.0 Å². The molecule has 2 aromatic heterocycles. The van der Waals surface area contributed by atoms with Gasteiger partial charge in [-0.3, -0.25) is 4.68 Å². The molecular weight excluding hydrogens is 248 g/mol. The lowest BCUT2D eigenvalue weighted by Gasteiger charge is -2.08. The summed E-state index contributed by atoms with van der Waals surface area (Å²) in [5.74, 6) is 0.591. The van der Waals surface area contributed by atoms with Crippen molar-refractivity contribution in [3.05, 3.63) is 35.3 Å². The number of nitrogens with zero attached hydrogens (tertiary/aromatic N) is 4. The predicted molar refractivity (Wildman–Crippen MR) is 73.2 cm³/mol. The van der Waals surface area contributed by atoms with Gasteiger partial charge in [0, 0.05) is 25.4 Å². The van der Waals surface area contributed by atoms with Crippen molar-refractivity contribution < 1.29 is 0 Å². The molecule has 7 heteroatoms. The molecule has 0 fully saturated rings. The second-order valence-corrected chi connectivity index (χ2v) is 4.36. The minimum Gasteiger partial charge on any atom is -0.389 e. The quantitative estimate of drug-likeness (QED) is 0.792. The van der Waals surface area contributed by atoms with Crippen molar-refractivity contribution in [3.63, 3.8) is 0 Å². The summed E-state index contributed by atoms with van der Waals surface area (Å²) >= 11 is 4.96. The molecule has 0 amide bonds. The van der Waals surface area contributed by atoms with Gasteiger partial charge < -0.3 is 11.1 Å². The van der Waals surface area contributed by atoms with E-state index in [1.165, 1.54) is 0 Å². The summed E-state index contributed by atoms with van der Waals surface area (Å²) in [4.78, 5) is 0.301. The molecule has 0 spiro atoms. The molecule has 6 nitrogen and oxygen atoms in total. The van der Waals surface area contributed by atoms with Gasteiger partial charge in [-0.1, -0.05) is 12.2 Å². The maximum Gasteiger partial charge on any atom is 0.159 e. The summed E-state index contributed by atoms with van der Waals surface area (Å²) < 4.78 is 1.78. The van der Waals surface area contributed by atoms with E-state index in [1.807, 2.05) is 20.2 Å². The van der Waals surface area contributed by atoms with Gasteiger partial charge in [0.2, 0.25) is 0 Å². The van der Waals surface area contributed by atoms with Crippen LogP contribution in [-0.2, 0) is 13.6 Å². The summed E-state index contributed by atoms with van der Waals surface area (Å²) in [6, 6.07) is 1.74. The lowest BCUT2D eigenvalue weighted by Crippen LogP contribution is -2.15. The van der Waals surface area contributed by atoms with E-state index in [-0.39, 0.29) is 0 Å². The van der Waals surface area contributed by atoms with Gasteiger partial charge in [-0.15, -0.1) is 5.10 Å². The maximum atomic E-state index is 5.62. The molecule has 2 heterocycles. The van der Waals surface area contributed by atoms with Crippen molar-refractivity contribution in [2.75, 3.05) is 5.32 Å². The number of rotatable bonds is 4. The van der Waals surface area contributed by atoms with Crippen LogP contribution in [-0.4, -0.2) is 25.0 Å². The van der Waals surface area contributed by atoms with Crippen LogP contribution in [0, 0.1) is 6.92 Å². The largest absolute Gasteiger partial charge is 0.389 e. The molecule has 0 saturated heterocycles. The normalized spacial score (nSPS) is 10.3. The molecule has 2 aromatic rings. The molecule has 0 bridgehead atoms. The Morgan fingerprint density at radius 1 is 1.56 bits per heavy atom. The standard InChI is InChI=1S/C11H14N6S/c1-7-8(6-17(2)16-7)5-13-11-9(10(12)18)3-4-14-15-11/h3-4,6H,5H2,1-2H3,(H2,12,18)(H,13,15). The molecule has 0 radical (unpaired) electrons. The van der Waals surface area contributed by atoms with Crippen LogP contribution in [0.5, 0.6) is 0 Å². The minimum absolute atomic E-state index is 0.301. The fourth-order valence-electron chi connectivity index (χ4n) is 1.66. The van der Waals surface area contributed by atoms with Crippen LogP contribution in [0.15, 0.2) is 18.5 Å². The first-order valence-electron chi connectivity index (χ1n) is 5.42. The minimum atomic E-state index is 0.301. The van der Waals surface area contributed by atoms with Crippen LogP contribution in [0.25, 0.3) is 0 Å². The van der Waals surface area contributed by atoms with Crippen molar-refractivity contribution in [2.24, 2.45) is 12.8 Å². The van der Waals surface area contributed by atoms with Crippen LogP contribution in [0.1, 0.15) is 16.8 Å². The summed E-state index contributed by atoms with van der Waals surface area (Å²) in [7, 11) is 1.89. The monoisotopic (exact) mass is 262 g/mol. The third-order valence-corrected chi connectivity index (χ3v) is 2.77. The molecule has 0 aromatic carbocycles. The lowest BCUT2D eigenvalue weighted by atomic mass is 10.2. The molecule has 0 aliphatic rings. The molecule has 0 aliphatic carbocycles. The Hall–Kier alpha value is -2.02. The molecule has 0 atom stereocenters. The Kier molecular flexibility index (Phi) is 3.52. The zero-order valence-corrected chi connectivity index (χ0v) is 11.0. The average Bonchev–Trinajstić information content (AvgIpc) is 2.65. The molecule has 0 aliphatic heterocycles. The summed E-state index contributed by atoms with van der Waals surface area (Å²) in [6.45, 7) is 2.57. The highest BCUT2D eigenvalue weighted by atomic mass is 32.1. The zero-order chi connectivity index (χ0) is 13.1. The Morgan fingerprint density at radius 2 is 2.33 bits per heavy atom. The van der Waals surface area contributed by atoms with Gasteiger partial charge in [-0.2, -0.15) is 10.2 Å². The number of hydrogen-bond donors (Lipinski definition) is 2. The lowest BCUT2D eigenvalue weighted by molar-refractivity contribution is 0.756. The molecule has 2 rings (SSSR count). The van der Waals surface area contributed by atoms with Crippen LogP contribution in [0.3, 0.4) is 0 Å². The number of aryl methyl sites for hydroxylation is 2. The molecule has 0 saturated carbocycles. The van der Waals surface area contributed by atoms with Crippen molar-refractivity contribution in [1.29, 1.82) is 0 Å². The first-order chi connectivity index (χ1) is 8.58. The molecule has 18 heavy (non-hydrogen) atoms. The van der Waals surface area contributed by atoms with E-state index in [1.54, 1.807) is 16.9 Å². The van der Waals surface area contributed by atoms with E-state index in [0.717, 1.165) is 11.3 Å². The Labute approximate surface area is 110 Å². The molecule has 94 valence electrons. The van der Waals surface area contributed by atoms with Crippen LogP contribution >= 0.6 is 12.2 Å². The number of hydrogen-bond acceptors (Lipinski definition) is 5. The van der Waals surface area contributed by atoms with E-state index in [0.29, 0.717) is 22.9 Å². The second-order valence-electron chi connectivity index (χ2n) is 3.92. The topological polar surface area (TPSA) is 81.7 Å². The average molecular weight is 262 g/mol. The summed E-state index contributed by atoms with van der Waals surface area (Å²) in [5.41, 5.74) is 8.39. The van der Waals surface area contributed by atoms with E-state index in [2.05, 4.69) is 20.6 Å². The highest BCUT2D eigenvalue weighted by Gasteiger charge is 2.08. The Balaban J connectivity index is 2.15. The molecule has 3 N–H and O–H groups in total. The fourth-order valence-corrected chi connectivity index (χ4v) is 1.83. The van der Waals surface area contributed by atoms with Crippen molar-refractivity contribution >= 4 is 23.0 Å². The van der Waals surface area contributed by atoms with Crippen LogP contribution in [0.2, 0.25) is 0 Å². The smallest absolute Gasteiger partial charge is 0.159 e. The second kappa shape index (κ2) is 5.09. The number of nitrogens with one attached hydrogen (secondary N) is 1. The van der Waals surface area contributed by atoms with Crippen molar-refractivity contribution in [3.8, 4) is 0 Å². The zero-order valence-electron chi connectivity index (χ0n) is 10.2. The van der Waals surface area contributed by atoms with Gasteiger partial charge in [-0.05, 0) is 13.0 Å². The van der Waals surface area contributed by atoms with Crippen LogP contribution in [0.4, 0.5) is 5.82 Å². The number of anilines is 1. The van der Waals surface area contributed by atoms with Gasteiger partial charge >= 0.3 is 0 Å². The van der Waals surface area contributed by atoms with Crippen LogP contribution < -0.4 is 11.1 Å². The maximum absolute atomic E-state index is 5.62. The van der Waals surface area contributed by atoms with Crippen molar-refractivity contribution in [2.45, 2.75) is 13.5 Å². The summed E-state index contributed by atoms with van der Waals surface area (Å²) in [5, 5.41) is 15.3. The highest BCUT2D eigenvalue weighted by molar-refractivity contribution is 7.80. The third kappa shape index (κ3) is 2.62. The molecular formula is C11H14N6S. The van der Waals surface area contributed by atoms with Gasteiger partial charge in [-0.25, -0.2) is 0 Å². The Morgan fingerprint density at radius 3 is 2.94 bits per heavy atom. The Bertz CT molecular complexity index is 577. The van der Waals surface area contributed by atoms with Gasteiger partial charge in [0.25, 0.3) is 0 Å². The fraction of sp³-hybridized carbons (Fsp3) is 0.273. The molecule has 0 unspecified atom stereocenters. The number of thiocarbonyl (C=S) groups is 1. The van der Waals surface area contributed by atoms with Gasteiger partial charge in [0.15, 0.2) is 5.82 Å². The first kappa shape index (κ1) is 12.4. The van der Waals surface area contributed by atoms with Crippen molar-refractivity contribution in [1.82, 2.24) is 20.0 Å². The number of aromatic nitrogens is 4. The van der Waals surface area contributed by atoms with E-state index in [9.17, 15) is 0 Å². The van der Waals surface area contributed by atoms with Gasteiger partial charge in [0.05, 0.1) is 17.5 Å². The summed E-state index contributed by atoms with van der Waals surface area (Å²) in [6.07, 6.45) is 3.52. The highest BCUT2D eigenvalue weighted by Crippen LogP contribution is 2.12. The first-order valence-corrected chi connectivity index (χ1v) is 5.83. The number of nitrogens with two attached hydrogens (primary N) is 1. The third-order valence-electron chi connectivity index (χ3n) is 2.55.